The van der Waals surface area contributed by atoms with Gasteiger partial charge in [0, 0.05) is 4.47 Å². The first-order valence-corrected chi connectivity index (χ1v) is 5.27. The summed E-state index contributed by atoms with van der Waals surface area (Å²) in [6, 6.07) is 3.82. The van der Waals surface area contributed by atoms with Crippen molar-refractivity contribution in [3.63, 3.8) is 0 Å². The van der Waals surface area contributed by atoms with Gasteiger partial charge in [0.05, 0.1) is 11.7 Å². The highest BCUT2D eigenvalue weighted by atomic mass is 79.9. The van der Waals surface area contributed by atoms with E-state index in [1.165, 1.54) is 18.2 Å². The normalized spacial score (nSPS) is 12.3. The Hall–Kier alpha value is -0.940. The number of amides is 1. The summed E-state index contributed by atoms with van der Waals surface area (Å²) in [6.07, 6.45) is 0. The van der Waals surface area contributed by atoms with Crippen molar-refractivity contribution >= 4 is 27.5 Å². The van der Waals surface area contributed by atoms with Gasteiger partial charge in [-0.3, -0.25) is 4.79 Å². The molecule has 0 aromatic heterocycles. The number of hydrogen-bond donors (Lipinski definition) is 2. The second-order valence-corrected chi connectivity index (χ2v) is 3.98. The zero-order valence-electron chi connectivity index (χ0n) is 8.47. The fourth-order valence-electron chi connectivity index (χ4n) is 0.963. The van der Waals surface area contributed by atoms with Gasteiger partial charge in [0.2, 0.25) is 5.91 Å². The van der Waals surface area contributed by atoms with E-state index >= 15 is 0 Å². The topological polar surface area (TPSA) is 41.1 Å². The smallest absolute Gasteiger partial charge is 0.241 e. The minimum Gasteiger partial charge on any atom is -0.324 e. The molecule has 0 radical (unpaired) electrons. The van der Waals surface area contributed by atoms with E-state index in [4.69, 9.17) is 0 Å². The van der Waals surface area contributed by atoms with Gasteiger partial charge >= 0.3 is 0 Å². The molecule has 1 atom stereocenters. The zero-order valence-corrected chi connectivity index (χ0v) is 10.1. The van der Waals surface area contributed by atoms with Crippen LogP contribution in [0.3, 0.4) is 0 Å². The van der Waals surface area contributed by atoms with Crippen LogP contribution in [-0.2, 0) is 4.79 Å². The highest BCUT2D eigenvalue weighted by Gasteiger charge is 2.11. The van der Waals surface area contributed by atoms with Crippen molar-refractivity contribution in [3.05, 3.63) is 28.5 Å². The van der Waals surface area contributed by atoms with Crippen LogP contribution >= 0.6 is 15.9 Å². The molecule has 0 fully saturated rings. The van der Waals surface area contributed by atoms with Gasteiger partial charge in [0.1, 0.15) is 5.82 Å². The fourth-order valence-corrected chi connectivity index (χ4v) is 1.41. The molecule has 1 amide bonds. The number of carbonyl (C=O) groups excluding carboxylic acids is 1. The van der Waals surface area contributed by atoms with Crippen LogP contribution in [0.1, 0.15) is 6.92 Å². The summed E-state index contributed by atoms with van der Waals surface area (Å²) in [5.74, 6) is -0.508. The van der Waals surface area contributed by atoms with E-state index in [1.54, 1.807) is 14.0 Å². The first-order chi connectivity index (χ1) is 7.04. The number of likely N-dealkylation sites (N-methyl/N-ethyl adjacent to an activating group) is 1. The van der Waals surface area contributed by atoms with Crippen LogP contribution < -0.4 is 10.6 Å². The van der Waals surface area contributed by atoms with Crippen LogP contribution in [-0.4, -0.2) is 19.0 Å². The number of halogens is 2. The summed E-state index contributed by atoms with van der Waals surface area (Å²) in [5, 5.41) is 5.49. The maximum Gasteiger partial charge on any atom is 0.241 e. The lowest BCUT2D eigenvalue weighted by Gasteiger charge is -2.12. The van der Waals surface area contributed by atoms with Gasteiger partial charge < -0.3 is 10.6 Å². The van der Waals surface area contributed by atoms with Crippen LogP contribution in [0.4, 0.5) is 10.1 Å². The molecular formula is C10H12BrFN2O. The van der Waals surface area contributed by atoms with Gasteiger partial charge in [-0.2, -0.15) is 0 Å². The molecule has 2 N–H and O–H groups in total. The number of hydrogen-bond acceptors (Lipinski definition) is 2. The van der Waals surface area contributed by atoms with E-state index in [2.05, 4.69) is 26.6 Å². The Kier molecular flexibility index (Phi) is 4.23. The molecule has 0 saturated heterocycles. The number of anilines is 1. The lowest BCUT2D eigenvalue weighted by atomic mass is 10.2. The predicted molar refractivity (Wildman–Crippen MR) is 61.3 cm³/mol. The van der Waals surface area contributed by atoms with Crippen molar-refractivity contribution in [2.45, 2.75) is 13.0 Å². The molecule has 0 aliphatic rings. The predicted octanol–water partition coefficient (Wildman–Crippen LogP) is 2.13. The summed E-state index contributed by atoms with van der Waals surface area (Å²) in [7, 11) is 1.70. The SMILES string of the molecule is CNC(C)C(=O)Nc1ccc(F)cc1Br. The van der Waals surface area contributed by atoms with Gasteiger partial charge in [0.25, 0.3) is 0 Å². The number of carbonyl (C=O) groups is 1. The standard InChI is InChI=1S/C10H12BrFN2O/c1-6(13-2)10(15)14-9-4-3-7(12)5-8(9)11/h3-6,13H,1-2H3,(H,14,15). The van der Waals surface area contributed by atoms with E-state index in [9.17, 15) is 9.18 Å². The van der Waals surface area contributed by atoms with Crippen LogP contribution in [0, 0.1) is 5.82 Å². The summed E-state index contributed by atoms with van der Waals surface area (Å²) in [6.45, 7) is 1.74. The quantitative estimate of drug-likeness (QED) is 0.887. The Bertz CT molecular complexity index is 370. The molecule has 1 aromatic carbocycles. The van der Waals surface area contributed by atoms with E-state index < -0.39 is 0 Å². The minimum absolute atomic E-state index is 0.162. The Labute approximate surface area is 96.2 Å². The molecule has 15 heavy (non-hydrogen) atoms. The van der Waals surface area contributed by atoms with Gasteiger partial charge in [-0.15, -0.1) is 0 Å². The monoisotopic (exact) mass is 274 g/mol. The molecule has 0 spiro atoms. The molecule has 0 heterocycles. The lowest BCUT2D eigenvalue weighted by Crippen LogP contribution is -2.35. The van der Waals surface area contributed by atoms with Crippen molar-refractivity contribution in [2.75, 3.05) is 12.4 Å². The molecule has 1 unspecified atom stereocenters. The summed E-state index contributed by atoms with van der Waals surface area (Å²) in [4.78, 5) is 11.5. The van der Waals surface area contributed by atoms with Gasteiger partial charge in [-0.25, -0.2) is 4.39 Å². The maximum atomic E-state index is 12.8. The molecule has 1 aromatic rings. The number of nitrogens with one attached hydrogen (secondary N) is 2. The summed E-state index contributed by atoms with van der Waals surface area (Å²) >= 11 is 3.17. The molecule has 0 aliphatic carbocycles. The zero-order chi connectivity index (χ0) is 11.4. The van der Waals surface area contributed by atoms with E-state index in [0.717, 1.165) is 0 Å². The van der Waals surface area contributed by atoms with Gasteiger partial charge in [-0.05, 0) is 48.1 Å². The second-order valence-electron chi connectivity index (χ2n) is 3.12. The Morgan fingerprint density at radius 1 is 1.53 bits per heavy atom. The Morgan fingerprint density at radius 2 is 2.20 bits per heavy atom. The molecule has 1 rings (SSSR count). The van der Waals surface area contributed by atoms with E-state index in [-0.39, 0.29) is 17.8 Å². The van der Waals surface area contributed by atoms with Crippen molar-refractivity contribution in [1.82, 2.24) is 5.32 Å². The van der Waals surface area contributed by atoms with Crippen LogP contribution in [0.25, 0.3) is 0 Å². The fraction of sp³-hybridized carbons (Fsp3) is 0.300. The highest BCUT2D eigenvalue weighted by molar-refractivity contribution is 9.10. The largest absolute Gasteiger partial charge is 0.324 e. The average molecular weight is 275 g/mol. The van der Waals surface area contributed by atoms with Crippen molar-refractivity contribution in [1.29, 1.82) is 0 Å². The lowest BCUT2D eigenvalue weighted by molar-refractivity contribution is -0.117. The first-order valence-electron chi connectivity index (χ1n) is 4.47. The molecule has 5 heteroatoms. The van der Waals surface area contributed by atoms with Crippen LogP contribution in [0.5, 0.6) is 0 Å². The second kappa shape index (κ2) is 5.23. The number of benzene rings is 1. The Balaban J connectivity index is 2.77. The third kappa shape index (κ3) is 3.28. The molecule has 82 valence electrons. The van der Waals surface area contributed by atoms with E-state index in [1.807, 2.05) is 0 Å². The summed E-state index contributed by atoms with van der Waals surface area (Å²) < 4.78 is 13.3. The highest BCUT2D eigenvalue weighted by Crippen LogP contribution is 2.22. The summed E-state index contributed by atoms with van der Waals surface area (Å²) in [5.41, 5.74) is 0.559. The molecular weight excluding hydrogens is 263 g/mol. The van der Waals surface area contributed by atoms with Crippen LogP contribution in [0.15, 0.2) is 22.7 Å². The molecule has 3 nitrogen and oxygen atoms in total. The van der Waals surface area contributed by atoms with E-state index in [0.29, 0.717) is 10.2 Å². The first kappa shape index (κ1) is 12.1. The number of rotatable bonds is 3. The molecule has 0 bridgehead atoms. The third-order valence-electron chi connectivity index (χ3n) is 2.02. The van der Waals surface area contributed by atoms with Gasteiger partial charge in [0.15, 0.2) is 0 Å². The Morgan fingerprint density at radius 3 is 2.73 bits per heavy atom. The molecule has 0 saturated carbocycles. The maximum absolute atomic E-state index is 12.8. The van der Waals surface area contributed by atoms with Crippen LogP contribution in [0.2, 0.25) is 0 Å². The van der Waals surface area contributed by atoms with Crippen molar-refractivity contribution < 1.29 is 9.18 Å². The van der Waals surface area contributed by atoms with Gasteiger partial charge in [-0.1, -0.05) is 0 Å². The van der Waals surface area contributed by atoms with Crippen molar-refractivity contribution in [2.24, 2.45) is 0 Å². The minimum atomic E-state index is -0.346. The molecule has 0 aliphatic heterocycles. The third-order valence-corrected chi connectivity index (χ3v) is 2.67. The van der Waals surface area contributed by atoms with Crippen molar-refractivity contribution in [3.8, 4) is 0 Å². The average Bonchev–Trinajstić information content (AvgIpc) is 2.20.